The Bertz CT molecular complexity index is 1880. The van der Waals surface area contributed by atoms with Gasteiger partial charge in [0.05, 0.1) is 50.3 Å². The average molecular weight is 1040 g/mol. The zero-order valence-electron chi connectivity index (χ0n) is 42.0. The lowest BCUT2D eigenvalue weighted by molar-refractivity contribution is -0.390. The molecule has 9 aliphatic rings. The van der Waals surface area contributed by atoms with Crippen molar-refractivity contribution in [2.75, 3.05) is 19.8 Å². The fourth-order valence-electron chi connectivity index (χ4n) is 14.7. The van der Waals surface area contributed by atoms with Crippen LogP contribution in [0.2, 0.25) is 0 Å². The zero-order valence-corrected chi connectivity index (χ0v) is 42.0. The number of hydrogen-bond acceptors (Lipinski definition) is 22. The summed E-state index contributed by atoms with van der Waals surface area (Å²) in [7, 11) is 0. The van der Waals surface area contributed by atoms with Crippen LogP contribution >= 0.6 is 0 Å². The summed E-state index contributed by atoms with van der Waals surface area (Å²) in [6.45, 7) is 10.7. The molecule has 414 valence electrons. The summed E-state index contributed by atoms with van der Waals surface area (Å²) in [6, 6.07) is 0. The predicted molar refractivity (Wildman–Crippen MR) is 244 cm³/mol. The monoisotopic (exact) mass is 1030 g/mol. The summed E-state index contributed by atoms with van der Waals surface area (Å²) in [5, 5.41) is 140. The molecule has 5 heterocycles. The Morgan fingerprint density at radius 2 is 1.36 bits per heavy atom. The first-order chi connectivity index (χ1) is 33.9. The van der Waals surface area contributed by atoms with Crippen LogP contribution in [0.1, 0.15) is 92.9 Å². The highest BCUT2D eigenvalue weighted by molar-refractivity contribution is 5.29. The maximum Gasteiger partial charge on any atom is 0.187 e. The van der Waals surface area contributed by atoms with Gasteiger partial charge < -0.3 is 109 Å². The number of fused-ring (bicyclic) bond motifs is 7. The van der Waals surface area contributed by atoms with Crippen molar-refractivity contribution in [2.45, 2.75) is 234 Å². The van der Waals surface area contributed by atoms with Crippen molar-refractivity contribution in [3.05, 3.63) is 11.6 Å². The number of aliphatic hydroxyl groups excluding tert-OH is 12. The SMILES string of the molecule is C[C@@H](CC[C@@]1(O)O[C@H]2C[C@H]3[C@@H]4CC=C5C[C@@H](O)C[C@@H](O[C@@H]6O[C@H](C)[C@H](O)[C@H](O[C@@H]7O[C@@H](C)[C@H](O)[C@@H](O)[C@H]7O)[C@H]6O[C@@H]6OC[C@H](O)[C@H](O)[C@H]6O)[C@]5(C)[C@H]4CC[C@]3(C)[C@H]2[C@@H]1C)CO[C@@H]1O[C@H](CO)[C@@H](O)[C@H](O)[C@H]1O. The molecule has 0 aromatic heterocycles. The molecule has 0 bridgehead atoms. The number of ether oxygens (including phenoxy) is 9. The van der Waals surface area contributed by atoms with Gasteiger partial charge in [0, 0.05) is 24.2 Å². The first-order valence-electron chi connectivity index (χ1n) is 26.3. The average Bonchev–Trinajstić information content (AvgIpc) is 3.78. The summed E-state index contributed by atoms with van der Waals surface area (Å²) in [4.78, 5) is 0. The normalized spacial score (nSPS) is 56.1. The smallest absolute Gasteiger partial charge is 0.187 e. The summed E-state index contributed by atoms with van der Waals surface area (Å²) in [5.74, 6) is -1.20. The van der Waals surface area contributed by atoms with Crippen LogP contribution in [0.5, 0.6) is 0 Å². The number of hydrogen-bond donors (Lipinski definition) is 13. The Labute approximate surface area is 419 Å². The van der Waals surface area contributed by atoms with E-state index in [0.29, 0.717) is 19.3 Å². The predicted octanol–water partition coefficient (Wildman–Crippen LogP) is -2.37. The summed E-state index contributed by atoms with van der Waals surface area (Å²) in [6.07, 6.45) is -22.3. The Morgan fingerprint density at radius 3 is 2.08 bits per heavy atom. The lowest BCUT2D eigenvalue weighted by Crippen LogP contribution is -2.66. The molecule has 22 nitrogen and oxygen atoms in total. The van der Waals surface area contributed by atoms with Gasteiger partial charge in [-0.3, -0.25) is 0 Å². The molecule has 0 unspecified atom stereocenters. The molecule has 31 atom stereocenters. The molecular weight excluding hydrogens is 953 g/mol. The van der Waals surface area contributed by atoms with Crippen molar-refractivity contribution in [2.24, 2.45) is 46.3 Å². The van der Waals surface area contributed by atoms with Gasteiger partial charge >= 0.3 is 0 Å². The van der Waals surface area contributed by atoms with E-state index in [0.717, 1.165) is 31.3 Å². The maximum absolute atomic E-state index is 12.2. The highest BCUT2D eigenvalue weighted by atomic mass is 16.8. The molecule has 0 radical (unpaired) electrons. The van der Waals surface area contributed by atoms with Gasteiger partial charge in [-0.05, 0) is 87.4 Å². The first-order valence-corrected chi connectivity index (χ1v) is 26.3. The second-order valence-corrected chi connectivity index (χ2v) is 23.4. The van der Waals surface area contributed by atoms with Gasteiger partial charge in [0.2, 0.25) is 0 Å². The van der Waals surface area contributed by atoms with E-state index in [4.69, 9.17) is 42.6 Å². The zero-order chi connectivity index (χ0) is 52.1. The van der Waals surface area contributed by atoms with Crippen LogP contribution in [-0.4, -0.2) is 227 Å². The summed E-state index contributed by atoms with van der Waals surface area (Å²) in [5.41, 5.74) is 0.217. The third-order valence-electron chi connectivity index (χ3n) is 19.1. The van der Waals surface area contributed by atoms with E-state index >= 15 is 0 Å². The second kappa shape index (κ2) is 21.2. The van der Waals surface area contributed by atoms with Gasteiger partial charge in [-0.25, -0.2) is 0 Å². The lowest BCUT2D eigenvalue weighted by Gasteiger charge is -2.60. The third kappa shape index (κ3) is 9.69. The van der Waals surface area contributed by atoms with E-state index in [1.165, 1.54) is 6.92 Å². The topological polar surface area (TPSA) is 346 Å². The van der Waals surface area contributed by atoms with Gasteiger partial charge in [-0.15, -0.1) is 0 Å². The number of allylic oxidation sites excluding steroid dienone is 1. The summed E-state index contributed by atoms with van der Waals surface area (Å²) >= 11 is 0. The highest BCUT2D eigenvalue weighted by Gasteiger charge is 2.69. The van der Waals surface area contributed by atoms with E-state index in [9.17, 15) is 66.4 Å². The van der Waals surface area contributed by atoms with Gasteiger partial charge in [0.15, 0.2) is 30.9 Å². The fourth-order valence-corrected chi connectivity index (χ4v) is 14.7. The van der Waals surface area contributed by atoms with Crippen LogP contribution in [-0.2, 0) is 42.6 Å². The highest BCUT2D eigenvalue weighted by Crippen LogP contribution is 2.70. The van der Waals surface area contributed by atoms with Crippen LogP contribution in [0, 0.1) is 46.3 Å². The molecule has 5 saturated heterocycles. The van der Waals surface area contributed by atoms with Crippen molar-refractivity contribution in [3.8, 4) is 0 Å². The van der Waals surface area contributed by atoms with E-state index in [1.54, 1.807) is 6.92 Å². The molecule has 22 heteroatoms. The van der Waals surface area contributed by atoms with E-state index < -0.39 is 153 Å². The lowest BCUT2D eigenvalue weighted by atomic mass is 9.46. The molecule has 5 aliphatic heterocycles. The summed E-state index contributed by atoms with van der Waals surface area (Å²) < 4.78 is 55.5. The van der Waals surface area contributed by atoms with E-state index in [2.05, 4.69) is 26.8 Å². The van der Waals surface area contributed by atoms with Crippen molar-refractivity contribution < 1.29 is 109 Å². The van der Waals surface area contributed by atoms with Crippen LogP contribution in [0.4, 0.5) is 0 Å². The standard InChI is InChI=1S/C50H82O22/c1-19(17-64-44-40(61)38(59)36(57)30(16-51)68-44)9-12-50(63)20(2)32-29(72-50)15-27-25-8-7-23-13-24(52)14-31(49(23,6)26(25)10-11-48(27,32)5)69-47-43(71-45-39(60)35(56)28(53)18-65-45)42(34(55)22(4)67-47)70-46-41(62)37(58)33(54)21(3)66-46/h7,19-22,24-47,51-63H,8-18H2,1-6H3/t19-,20-,21-,22+,24+,25+,26-,27-,28-,29-,30+,31+,32-,33-,34-,35-,36+,37+,38-,39+,40+,41+,42-,43+,44+,45-,46-,47-,48-,49-,50+/m0/s1. The molecule has 0 amide bonds. The minimum atomic E-state index is -1.76. The third-order valence-corrected chi connectivity index (χ3v) is 19.1. The Kier molecular flexibility index (Phi) is 16.4. The van der Waals surface area contributed by atoms with Crippen molar-refractivity contribution in [1.29, 1.82) is 0 Å². The van der Waals surface area contributed by atoms with Crippen LogP contribution in [0.3, 0.4) is 0 Å². The van der Waals surface area contributed by atoms with Crippen molar-refractivity contribution >= 4 is 0 Å². The van der Waals surface area contributed by atoms with Gasteiger partial charge in [-0.2, -0.15) is 0 Å². The molecule has 0 spiro atoms. The molecule has 8 fully saturated rings. The quantitative estimate of drug-likeness (QED) is 0.0858. The molecule has 0 aromatic carbocycles. The van der Waals surface area contributed by atoms with Crippen molar-refractivity contribution in [3.63, 3.8) is 0 Å². The van der Waals surface area contributed by atoms with Crippen LogP contribution < -0.4 is 0 Å². The number of aliphatic hydroxyl groups is 13. The Morgan fingerprint density at radius 1 is 0.708 bits per heavy atom. The van der Waals surface area contributed by atoms with Gasteiger partial charge in [0.25, 0.3) is 0 Å². The minimum Gasteiger partial charge on any atom is -0.394 e. The number of rotatable bonds is 13. The van der Waals surface area contributed by atoms with Gasteiger partial charge in [-0.1, -0.05) is 39.3 Å². The van der Waals surface area contributed by atoms with Crippen molar-refractivity contribution in [1.82, 2.24) is 0 Å². The first kappa shape index (κ1) is 55.6. The maximum atomic E-state index is 12.2. The van der Waals surface area contributed by atoms with Crippen LogP contribution in [0.25, 0.3) is 0 Å². The minimum absolute atomic E-state index is 0.0574. The Balaban J connectivity index is 0.912. The van der Waals surface area contributed by atoms with Gasteiger partial charge in [0.1, 0.15) is 79.4 Å². The molecule has 9 rings (SSSR count). The van der Waals surface area contributed by atoms with E-state index in [1.807, 2.05) is 6.92 Å². The molecule has 72 heavy (non-hydrogen) atoms. The molecular formula is C50H82O22. The van der Waals surface area contributed by atoms with E-state index in [-0.39, 0.29) is 60.1 Å². The Hall–Kier alpha value is -1.14. The molecule has 3 saturated carbocycles. The second-order valence-electron chi connectivity index (χ2n) is 23.4. The molecule has 0 aromatic rings. The largest absolute Gasteiger partial charge is 0.394 e. The van der Waals surface area contributed by atoms with Crippen LogP contribution in [0.15, 0.2) is 11.6 Å². The molecule has 4 aliphatic carbocycles. The fraction of sp³-hybridized carbons (Fsp3) is 0.960. The molecule has 13 N–H and O–H groups in total.